The summed E-state index contributed by atoms with van der Waals surface area (Å²) in [5.41, 5.74) is 4.02. The van der Waals surface area contributed by atoms with E-state index in [9.17, 15) is 37.4 Å². The Morgan fingerprint density at radius 2 is 1.43 bits per heavy atom. The topological polar surface area (TPSA) is 80.4 Å². The molecule has 0 atom stereocenters. The molecule has 0 bridgehead atoms. The largest absolute Gasteiger partial charge is 0.490 e. The van der Waals surface area contributed by atoms with Crippen LogP contribution in [0.1, 0.15) is 17.3 Å². The zero-order valence-electron chi connectivity index (χ0n) is 11.0. The van der Waals surface area contributed by atoms with Crippen LogP contribution in [0.4, 0.5) is 38.3 Å². The highest BCUT2D eigenvalue weighted by Gasteiger charge is 2.65. The first-order chi connectivity index (χ1) is 9.74. The molecule has 0 aliphatic carbocycles. The first-order valence-corrected chi connectivity index (χ1v) is 7.15. The molecule has 0 saturated carbocycles. The summed E-state index contributed by atoms with van der Waals surface area (Å²) in [7, 11) is -9.78. The molecule has 0 saturated heterocycles. The number of carbonyl (C=O) groups excluding carboxylic acids is 1. The van der Waals surface area contributed by atoms with Crippen LogP contribution in [0, 0.1) is 0 Å². The number of carboxylic acid groups (broad SMARTS) is 1. The van der Waals surface area contributed by atoms with E-state index >= 15 is 0 Å². The molecule has 1 rings (SSSR count). The minimum atomic E-state index is -9.78. The third-order valence-electron chi connectivity index (χ3n) is 2.02. The maximum absolute atomic E-state index is 12.4. The van der Waals surface area contributed by atoms with Crippen LogP contribution in [0.15, 0.2) is 23.1 Å². The Labute approximate surface area is 123 Å². The molecular formula is C10H9F8NO3S. The van der Waals surface area contributed by atoms with Gasteiger partial charge >= 0.3 is 22.4 Å². The van der Waals surface area contributed by atoms with Crippen LogP contribution >= 0.6 is 10.2 Å². The molecule has 0 heterocycles. The number of benzene rings is 1. The predicted molar refractivity (Wildman–Crippen MR) is 65.9 cm³/mol. The van der Waals surface area contributed by atoms with Gasteiger partial charge in [-0.15, -0.1) is 0 Å². The minimum absolute atomic E-state index is 0.111. The zero-order chi connectivity index (χ0) is 18.9. The van der Waals surface area contributed by atoms with Crippen molar-refractivity contribution in [1.82, 2.24) is 0 Å². The normalized spacial score (nSPS) is 14.8. The fourth-order valence-corrected chi connectivity index (χ4v) is 1.76. The Hall–Kier alpha value is -2.05. The lowest BCUT2D eigenvalue weighted by atomic mass is 10.1. The molecule has 3 N–H and O–H groups in total. The average Bonchev–Trinajstić information content (AvgIpc) is 2.24. The number of nitrogens with two attached hydrogens (primary N) is 1. The van der Waals surface area contributed by atoms with Crippen molar-refractivity contribution in [2.24, 2.45) is 0 Å². The van der Waals surface area contributed by atoms with Crippen LogP contribution in [-0.2, 0) is 4.79 Å². The Morgan fingerprint density at radius 3 is 1.70 bits per heavy atom. The third-order valence-corrected chi connectivity index (χ3v) is 3.15. The van der Waals surface area contributed by atoms with Gasteiger partial charge in [-0.2, -0.15) is 13.2 Å². The van der Waals surface area contributed by atoms with Crippen LogP contribution in [0.25, 0.3) is 0 Å². The van der Waals surface area contributed by atoms with Crippen LogP contribution in [-0.4, -0.2) is 23.0 Å². The van der Waals surface area contributed by atoms with Gasteiger partial charge in [0.25, 0.3) is 0 Å². The van der Waals surface area contributed by atoms with Gasteiger partial charge in [-0.05, 0) is 25.1 Å². The molecule has 0 aliphatic rings. The first-order valence-electron chi connectivity index (χ1n) is 5.20. The fraction of sp³-hybridized carbons (Fsp3) is 0.200. The molecule has 0 radical (unpaired) electrons. The number of alkyl halides is 3. The number of hydrogen-bond donors (Lipinski definition) is 2. The second-order valence-corrected chi connectivity index (χ2v) is 6.53. The first kappa shape index (κ1) is 20.9. The number of ketones is 1. The number of nitrogen functional groups attached to an aromatic ring is 1. The molecule has 23 heavy (non-hydrogen) atoms. The van der Waals surface area contributed by atoms with Crippen LogP contribution in [0.5, 0.6) is 0 Å². The fourth-order valence-electron chi connectivity index (χ4n) is 1.05. The predicted octanol–water partition coefficient (Wildman–Crippen LogP) is 4.76. The smallest absolute Gasteiger partial charge is 0.475 e. The molecule has 1 aromatic rings. The van der Waals surface area contributed by atoms with Crippen molar-refractivity contribution in [3.8, 4) is 0 Å². The quantitative estimate of drug-likeness (QED) is 0.444. The van der Waals surface area contributed by atoms with Crippen LogP contribution < -0.4 is 5.73 Å². The number of carbonyl (C=O) groups is 2. The summed E-state index contributed by atoms with van der Waals surface area (Å²) in [6.45, 7) is 0.962. The van der Waals surface area contributed by atoms with Crippen molar-refractivity contribution in [2.45, 2.75) is 18.0 Å². The molecule has 13 heteroatoms. The molecule has 0 aromatic heterocycles. The van der Waals surface area contributed by atoms with Gasteiger partial charge in [0, 0.05) is 11.3 Å². The summed E-state index contributed by atoms with van der Waals surface area (Å²) in [5, 5.41) is 7.12. The van der Waals surface area contributed by atoms with E-state index in [0.717, 1.165) is 13.0 Å². The van der Waals surface area contributed by atoms with Crippen molar-refractivity contribution in [3.63, 3.8) is 0 Å². The monoisotopic (exact) mass is 375 g/mol. The standard InChI is InChI=1S/C8H8F5NOS.C2HF3O2/c1-5(15)6-2-7(14)4-8(3-6)16(9,10,11,12)13;3-2(4,5)1(6)7/h2-4H,14H2,1H3;(H,6,7). The highest BCUT2D eigenvalue weighted by atomic mass is 32.5. The van der Waals surface area contributed by atoms with Crippen LogP contribution in [0.2, 0.25) is 0 Å². The summed E-state index contributed by atoms with van der Waals surface area (Å²) >= 11 is 0. The minimum Gasteiger partial charge on any atom is -0.475 e. The van der Waals surface area contributed by atoms with Crippen molar-refractivity contribution in [2.75, 3.05) is 5.73 Å². The third kappa shape index (κ3) is 7.17. The number of carboxylic acids is 1. The SMILES string of the molecule is CC(=O)c1cc(N)cc(S(F)(F)(F)(F)F)c1.O=C(O)C(F)(F)F. The van der Waals surface area contributed by atoms with E-state index in [4.69, 9.17) is 15.6 Å². The Kier molecular flexibility index (Phi) is 4.78. The molecule has 0 spiro atoms. The molecule has 0 amide bonds. The van der Waals surface area contributed by atoms with Crippen molar-refractivity contribution >= 4 is 27.7 Å². The van der Waals surface area contributed by atoms with Gasteiger partial charge in [0.1, 0.15) is 4.90 Å². The number of hydrogen-bond acceptors (Lipinski definition) is 3. The van der Waals surface area contributed by atoms with Gasteiger partial charge in [-0.3, -0.25) is 4.79 Å². The Balaban J connectivity index is 0.000000585. The maximum Gasteiger partial charge on any atom is 0.490 e. The lowest BCUT2D eigenvalue weighted by molar-refractivity contribution is -0.192. The number of anilines is 1. The van der Waals surface area contributed by atoms with Gasteiger partial charge < -0.3 is 10.8 Å². The Bertz CT molecular complexity index is 638. The van der Waals surface area contributed by atoms with E-state index < -0.39 is 44.3 Å². The van der Waals surface area contributed by atoms with E-state index in [1.807, 2.05) is 0 Å². The van der Waals surface area contributed by atoms with Crippen molar-refractivity contribution in [3.05, 3.63) is 23.8 Å². The molecule has 1 aromatic carbocycles. The molecule has 4 nitrogen and oxygen atoms in total. The van der Waals surface area contributed by atoms with E-state index in [2.05, 4.69) is 0 Å². The molecule has 0 aliphatic heterocycles. The molecule has 0 unspecified atom stereocenters. The molecule has 134 valence electrons. The number of Topliss-reactive ketones (excluding diaryl/α,β-unsaturated/α-hetero) is 1. The highest BCUT2D eigenvalue weighted by molar-refractivity contribution is 8.45. The Morgan fingerprint density at radius 1 is 1.04 bits per heavy atom. The van der Waals surface area contributed by atoms with Gasteiger partial charge in [-0.25, -0.2) is 4.79 Å². The van der Waals surface area contributed by atoms with E-state index in [-0.39, 0.29) is 12.1 Å². The highest BCUT2D eigenvalue weighted by Crippen LogP contribution is 3.02. The van der Waals surface area contributed by atoms with Crippen LogP contribution in [0.3, 0.4) is 0 Å². The van der Waals surface area contributed by atoms with Crippen molar-refractivity contribution in [1.29, 1.82) is 0 Å². The van der Waals surface area contributed by atoms with Crippen molar-refractivity contribution < 1.29 is 47.3 Å². The van der Waals surface area contributed by atoms with Gasteiger partial charge in [0.05, 0.1) is 0 Å². The lowest BCUT2D eigenvalue weighted by Gasteiger charge is -2.40. The van der Waals surface area contributed by atoms with E-state index in [1.54, 1.807) is 0 Å². The number of halogens is 8. The number of rotatable bonds is 2. The van der Waals surface area contributed by atoms with E-state index in [1.165, 1.54) is 0 Å². The summed E-state index contributed by atoms with van der Waals surface area (Å²) in [6, 6.07) is 1.14. The zero-order valence-corrected chi connectivity index (χ0v) is 11.8. The van der Waals surface area contributed by atoms with Gasteiger partial charge in [0.15, 0.2) is 5.78 Å². The summed E-state index contributed by atoms with van der Waals surface area (Å²) in [4.78, 5) is 17.6. The lowest BCUT2D eigenvalue weighted by Crippen LogP contribution is -2.21. The maximum atomic E-state index is 12.4. The van der Waals surface area contributed by atoms with Gasteiger partial charge in [-0.1, -0.05) is 19.4 Å². The number of aliphatic carboxylic acids is 1. The second-order valence-electron chi connectivity index (χ2n) is 4.12. The molecular weight excluding hydrogens is 366 g/mol. The summed E-state index contributed by atoms with van der Waals surface area (Å²) in [5.74, 6) is -3.53. The average molecular weight is 375 g/mol. The summed E-state index contributed by atoms with van der Waals surface area (Å²) < 4.78 is 93.8. The summed E-state index contributed by atoms with van der Waals surface area (Å²) in [6.07, 6.45) is -5.08. The second kappa shape index (κ2) is 5.25. The van der Waals surface area contributed by atoms with E-state index in [0.29, 0.717) is 0 Å². The molecule has 0 fully saturated rings. The van der Waals surface area contributed by atoms with Gasteiger partial charge in [0.2, 0.25) is 0 Å².